The van der Waals surface area contributed by atoms with Gasteiger partial charge in [-0.3, -0.25) is 0 Å². The largest absolute Gasteiger partial charge is 0.496 e. The van der Waals surface area contributed by atoms with Crippen molar-refractivity contribution < 1.29 is 4.74 Å². The summed E-state index contributed by atoms with van der Waals surface area (Å²) in [4.78, 5) is 0. The zero-order valence-corrected chi connectivity index (χ0v) is 11.7. The third kappa shape index (κ3) is 3.61. The first-order chi connectivity index (χ1) is 8.29. The zero-order valence-electron chi connectivity index (χ0n) is 10.1. The van der Waals surface area contributed by atoms with E-state index in [4.69, 9.17) is 4.74 Å². The Morgan fingerprint density at radius 1 is 1.41 bits per heavy atom. The van der Waals surface area contributed by atoms with E-state index in [1.54, 1.807) is 7.11 Å². The fourth-order valence-corrected chi connectivity index (χ4v) is 2.67. The molecule has 1 aliphatic heterocycles. The first-order valence-corrected chi connectivity index (χ1v) is 6.87. The molecule has 0 spiro atoms. The Kier molecular flexibility index (Phi) is 4.68. The van der Waals surface area contributed by atoms with Gasteiger partial charge in [-0.05, 0) is 66.0 Å². The maximum atomic E-state index is 5.21. The van der Waals surface area contributed by atoms with Gasteiger partial charge >= 0.3 is 0 Å². The number of ether oxygens (including phenoxy) is 1. The Labute approximate surface area is 111 Å². The predicted molar refractivity (Wildman–Crippen MR) is 74.8 cm³/mol. The second-order valence-electron chi connectivity index (χ2n) is 4.42. The molecule has 1 fully saturated rings. The summed E-state index contributed by atoms with van der Waals surface area (Å²) in [5, 5.41) is 6.88. The Balaban J connectivity index is 1.87. The predicted octanol–water partition coefficient (Wildman–Crippen LogP) is 2.87. The molecular formula is C13H19BrN2O. The molecule has 2 N–H and O–H groups in total. The van der Waals surface area contributed by atoms with Gasteiger partial charge in [-0.2, -0.15) is 0 Å². The Hall–Kier alpha value is -0.740. The third-order valence-corrected chi connectivity index (χ3v) is 3.83. The molecule has 0 aromatic heterocycles. The summed E-state index contributed by atoms with van der Waals surface area (Å²) in [5.74, 6) is 1.66. The van der Waals surface area contributed by atoms with Crippen molar-refractivity contribution in [2.45, 2.75) is 12.8 Å². The van der Waals surface area contributed by atoms with Crippen LogP contribution < -0.4 is 15.4 Å². The third-order valence-electron chi connectivity index (χ3n) is 3.21. The van der Waals surface area contributed by atoms with Crippen LogP contribution in [0.3, 0.4) is 0 Å². The normalized spacial score (nSPS) is 16.8. The number of piperidine rings is 1. The van der Waals surface area contributed by atoms with E-state index in [1.807, 2.05) is 6.07 Å². The summed E-state index contributed by atoms with van der Waals surface area (Å²) >= 11 is 3.50. The van der Waals surface area contributed by atoms with E-state index in [9.17, 15) is 0 Å². The van der Waals surface area contributed by atoms with E-state index < -0.39 is 0 Å². The van der Waals surface area contributed by atoms with Crippen LogP contribution in [0.2, 0.25) is 0 Å². The number of anilines is 1. The van der Waals surface area contributed by atoms with Gasteiger partial charge in [0.1, 0.15) is 5.75 Å². The van der Waals surface area contributed by atoms with Gasteiger partial charge in [-0.25, -0.2) is 0 Å². The van der Waals surface area contributed by atoms with E-state index in [-0.39, 0.29) is 0 Å². The van der Waals surface area contributed by atoms with Crippen LogP contribution in [-0.2, 0) is 0 Å². The SMILES string of the molecule is COc1ccc(NCC2CCNCC2)cc1Br. The second-order valence-corrected chi connectivity index (χ2v) is 5.28. The van der Waals surface area contributed by atoms with E-state index in [2.05, 4.69) is 38.7 Å². The highest BCUT2D eigenvalue weighted by Crippen LogP contribution is 2.28. The standard InChI is InChI=1S/C13H19BrN2O/c1-17-13-3-2-11(8-12(13)14)16-9-10-4-6-15-7-5-10/h2-3,8,10,15-16H,4-7,9H2,1H3. The average molecular weight is 299 g/mol. The first kappa shape index (κ1) is 12.7. The van der Waals surface area contributed by atoms with Crippen LogP contribution in [-0.4, -0.2) is 26.7 Å². The number of halogens is 1. The molecular weight excluding hydrogens is 280 g/mol. The van der Waals surface area contributed by atoms with E-state index >= 15 is 0 Å². The fourth-order valence-electron chi connectivity index (χ4n) is 2.12. The van der Waals surface area contributed by atoms with Crippen molar-refractivity contribution in [1.82, 2.24) is 5.32 Å². The quantitative estimate of drug-likeness (QED) is 0.897. The highest BCUT2D eigenvalue weighted by Gasteiger charge is 2.12. The van der Waals surface area contributed by atoms with Crippen LogP contribution >= 0.6 is 15.9 Å². The van der Waals surface area contributed by atoms with Gasteiger partial charge in [0.2, 0.25) is 0 Å². The summed E-state index contributed by atoms with van der Waals surface area (Å²) in [6.07, 6.45) is 2.54. The lowest BCUT2D eigenvalue weighted by molar-refractivity contribution is 0.390. The van der Waals surface area contributed by atoms with Crippen LogP contribution in [0.5, 0.6) is 5.75 Å². The molecule has 3 nitrogen and oxygen atoms in total. The van der Waals surface area contributed by atoms with Crippen LogP contribution in [0.15, 0.2) is 22.7 Å². The topological polar surface area (TPSA) is 33.3 Å². The van der Waals surface area contributed by atoms with Crippen molar-refractivity contribution in [3.8, 4) is 5.75 Å². The highest BCUT2D eigenvalue weighted by molar-refractivity contribution is 9.10. The maximum absolute atomic E-state index is 5.21. The van der Waals surface area contributed by atoms with Crippen LogP contribution in [0, 0.1) is 5.92 Å². The van der Waals surface area contributed by atoms with Crippen LogP contribution in [0.1, 0.15) is 12.8 Å². The van der Waals surface area contributed by atoms with Gasteiger partial charge in [-0.1, -0.05) is 0 Å². The van der Waals surface area contributed by atoms with Crippen molar-refractivity contribution in [2.75, 3.05) is 32.1 Å². The summed E-state index contributed by atoms with van der Waals surface area (Å²) < 4.78 is 6.21. The Bertz CT molecular complexity index is 364. The molecule has 0 amide bonds. The van der Waals surface area contributed by atoms with E-state index in [0.29, 0.717) is 0 Å². The zero-order chi connectivity index (χ0) is 12.1. The Morgan fingerprint density at radius 2 is 2.18 bits per heavy atom. The lowest BCUT2D eigenvalue weighted by Gasteiger charge is -2.23. The molecule has 0 unspecified atom stereocenters. The minimum atomic E-state index is 0.789. The highest BCUT2D eigenvalue weighted by atomic mass is 79.9. The number of hydrogen-bond acceptors (Lipinski definition) is 3. The van der Waals surface area contributed by atoms with Crippen molar-refractivity contribution in [3.63, 3.8) is 0 Å². The van der Waals surface area contributed by atoms with Crippen molar-refractivity contribution >= 4 is 21.6 Å². The molecule has 1 heterocycles. The molecule has 2 rings (SSSR count). The molecule has 0 saturated carbocycles. The molecule has 0 atom stereocenters. The summed E-state index contributed by atoms with van der Waals surface area (Å²) in [5.41, 5.74) is 1.15. The lowest BCUT2D eigenvalue weighted by Crippen LogP contribution is -2.31. The molecule has 94 valence electrons. The fraction of sp³-hybridized carbons (Fsp3) is 0.538. The molecule has 1 aliphatic rings. The van der Waals surface area contributed by atoms with Crippen LogP contribution in [0.25, 0.3) is 0 Å². The number of nitrogens with one attached hydrogen (secondary N) is 2. The summed E-state index contributed by atoms with van der Waals surface area (Å²) in [6, 6.07) is 6.11. The summed E-state index contributed by atoms with van der Waals surface area (Å²) in [7, 11) is 1.68. The van der Waals surface area contributed by atoms with Crippen molar-refractivity contribution in [1.29, 1.82) is 0 Å². The first-order valence-electron chi connectivity index (χ1n) is 6.07. The van der Waals surface area contributed by atoms with Gasteiger partial charge in [0.15, 0.2) is 0 Å². The van der Waals surface area contributed by atoms with Gasteiger partial charge in [-0.15, -0.1) is 0 Å². The van der Waals surface area contributed by atoms with Crippen molar-refractivity contribution in [2.24, 2.45) is 5.92 Å². The molecule has 1 aromatic rings. The number of benzene rings is 1. The van der Waals surface area contributed by atoms with Gasteiger partial charge in [0.05, 0.1) is 11.6 Å². The molecule has 4 heteroatoms. The van der Waals surface area contributed by atoms with E-state index in [0.717, 1.165) is 41.5 Å². The molecule has 0 bridgehead atoms. The number of methoxy groups -OCH3 is 1. The van der Waals surface area contributed by atoms with Gasteiger partial charge < -0.3 is 15.4 Å². The second kappa shape index (κ2) is 6.26. The lowest BCUT2D eigenvalue weighted by atomic mass is 9.98. The van der Waals surface area contributed by atoms with Gasteiger partial charge in [0.25, 0.3) is 0 Å². The molecule has 0 aliphatic carbocycles. The van der Waals surface area contributed by atoms with Crippen molar-refractivity contribution in [3.05, 3.63) is 22.7 Å². The molecule has 1 saturated heterocycles. The minimum absolute atomic E-state index is 0.789. The maximum Gasteiger partial charge on any atom is 0.133 e. The minimum Gasteiger partial charge on any atom is -0.496 e. The van der Waals surface area contributed by atoms with E-state index in [1.165, 1.54) is 12.8 Å². The van der Waals surface area contributed by atoms with Gasteiger partial charge in [0, 0.05) is 12.2 Å². The molecule has 1 aromatic carbocycles. The van der Waals surface area contributed by atoms with Crippen LogP contribution in [0.4, 0.5) is 5.69 Å². The summed E-state index contributed by atoms with van der Waals surface area (Å²) in [6.45, 7) is 3.36. The number of hydrogen-bond donors (Lipinski definition) is 2. The average Bonchev–Trinajstić information content (AvgIpc) is 2.38. The smallest absolute Gasteiger partial charge is 0.133 e. The molecule has 17 heavy (non-hydrogen) atoms. The Morgan fingerprint density at radius 3 is 2.82 bits per heavy atom. The monoisotopic (exact) mass is 298 g/mol. The number of rotatable bonds is 4. The molecule has 0 radical (unpaired) electrons.